The maximum Gasteiger partial charge on any atom is 0.460 e. The average molecular weight is 432 g/mol. The first-order chi connectivity index (χ1) is 10.6. The van der Waals surface area contributed by atoms with Gasteiger partial charge >= 0.3 is 33.4 Å². The van der Waals surface area contributed by atoms with Gasteiger partial charge in [0.1, 0.15) is 12.4 Å². The van der Waals surface area contributed by atoms with Crippen LogP contribution in [0.15, 0.2) is 4.40 Å². The monoisotopic (exact) mass is 432 g/mol. The zero-order valence-corrected chi connectivity index (χ0v) is 14.3. The molecular weight excluding hydrogens is 419 g/mol. The van der Waals surface area contributed by atoms with Crippen molar-refractivity contribution in [1.82, 2.24) is 0 Å². The third-order valence-corrected chi connectivity index (χ3v) is 4.28. The highest BCUT2D eigenvalue weighted by Crippen LogP contribution is 2.54. The fourth-order valence-electron chi connectivity index (χ4n) is 1.11. The van der Waals surface area contributed by atoms with Gasteiger partial charge in [0.15, 0.2) is 0 Å². The van der Waals surface area contributed by atoms with E-state index in [-0.39, 0.29) is 0 Å². The summed E-state index contributed by atoms with van der Waals surface area (Å²) in [6.07, 6.45) is -2.69. The van der Waals surface area contributed by atoms with Crippen molar-refractivity contribution in [2.75, 3.05) is 25.4 Å². The summed E-state index contributed by atoms with van der Waals surface area (Å²) in [6.45, 7) is -1.55. The van der Waals surface area contributed by atoms with Crippen molar-refractivity contribution >= 4 is 26.2 Å². The molecule has 152 valence electrons. The Bertz CT molecular complexity index is 623. The summed E-state index contributed by atoms with van der Waals surface area (Å²) < 4.78 is 143. The van der Waals surface area contributed by atoms with Gasteiger partial charge < -0.3 is 5.73 Å². The minimum atomic E-state index is -7.35. The highest BCUT2D eigenvalue weighted by molar-refractivity contribution is 8.31. The van der Waals surface area contributed by atoms with E-state index in [1.165, 1.54) is 18.8 Å². The molecule has 0 atom stereocenters. The lowest BCUT2D eigenvalue weighted by atomic mass is 10.1. The van der Waals surface area contributed by atoms with Gasteiger partial charge in [0, 0.05) is 0 Å². The molecule has 0 bridgehead atoms. The van der Waals surface area contributed by atoms with Gasteiger partial charge in [0.2, 0.25) is 0 Å². The van der Waals surface area contributed by atoms with Crippen LogP contribution < -0.4 is 5.73 Å². The minimum absolute atomic E-state index is 0.771. The Morgan fingerprint density at radius 3 is 1.64 bits per heavy atom. The lowest BCUT2D eigenvalue weighted by Gasteiger charge is -2.32. The van der Waals surface area contributed by atoms with Crippen LogP contribution in [0.3, 0.4) is 0 Å². The molecule has 0 aromatic rings. The standard InChI is InChI=1S/C9H13F9N2O3S2/c1-24(2,3)20-5(19)4-23-25(21,22)9(17,18)7(12,13)6(10,11)8(14,15)16/h4H2,1-3H3,(H2,19,20). The number of hydrogen-bond acceptors (Lipinski definition) is 4. The van der Waals surface area contributed by atoms with Crippen molar-refractivity contribution in [2.24, 2.45) is 10.1 Å². The van der Waals surface area contributed by atoms with Crippen LogP contribution in [0.2, 0.25) is 0 Å². The summed E-state index contributed by atoms with van der Waals surface area (Å²) >= 11 is 0. The zero-order valence-electron chi connectivity index (χ0n) is 12.7. The summed E-state index contributed by atoms with van der Waals surface area (Å²) in [5.41, 5.74) is 5.10. The van der Waals surface area contributed by atoms with Crippen LogP contribution in [0.5, 0.6) is 0 Å². The number of nitrogens with zero attached hydrogens (tertiary/aromatic N) is 1. The quantitative estimate of drug-likeness (QED) is 0.290. The molecule has 16 heteroatoms. The van der Waals surface area contributed by atoms with Crippen LogP contribution >= 0.6 is 10.2 Å². The number of halogens is 9. The molecule has 0 radical (unpaired) electrons. The molecule has 0 aliphatic carbocycles. The molecule has 0 rings (SSSR count). The number of hydrogen-bond donors (Lipinski definition) is 1. The summed E-state index contributed by atoms with van der Waals surface area (Å²) in [4.78, 5) is 0. The van der Waals surface area contributed by atoms with E-state index >= 15 is 0 Å². The van der Waals surface area contributed by atoms with Crippen molar-refractivity contribution in [3.05, 3.63) is 0 Å². The lowest BCUT2D eigenvalue weighted by molar-refractivity contribution is -0.382. The molecule has 0 aromatic carbocycles. The normalized spacial score (nSPS) is 16.9. The van der Waals surface area contributed by atoms with Crippen LogP contribution in [0.4, 0.5) is 39.5 Å². The Morgan fingerprint density at radius 2 is 1.32 bits per heavy atom. The van der Waals surface area contributed by atoms with E-state index in [1.807, 2.05) is 0 Å². The van der Waals surface area contributed by atoms with E-state index in [0.717, 1.165) is 0 Å². The fraction of sp³-hybridized carbons (Fsp3) is 0.889. The van der Waals surface area contributed by atoms with Crippen molar-refractivity contribution in [3.8, 4) is 0 Å². The molecule has 0 aliphatic rings. The topological polar surface area (TPSA) is 81.8 Å². The van der Waals surface area contributed by atoms with E-state index in [1.54, 1.807) is 0 Å². The Hall–Kier alpha value is -0.900. The molecule has 0 aliphatic heterocycles. The van der Waals surface area contributed by atoms with E-state index < -0.39 is 56.1 Å². The molecule has 0 unspecified atom stereocenters. The van der Waals surface area contributed by atoms with Crippen LogP contribution in [0.1, 0.15) is 0 Å². The highest BCUT2D eigenvalue weighted by Gasteiger charge is 2.85. The Labute approximate surface area is 138 Å². The number of nitrogens with two attached hydrogens (primary N) is 1. The minimum Gasteiger partial charge on any atom is -0.385 e. The third-order valence-electron chi connectivity index (χ3n) is 2.18. The Kier molecular flexibility index (Phi) is 6.44. The first-order valence-corrected chi connectivity index (χ1v) is 9.94. The van der Waals surface area contributed by atoms with E-state index in [4.69, 9.17) is 5.73 Å². The lowest BCUT2D eigenvalue weighted by Crippen LogP contribution is -2.63. The number of rotatable bonds is 7. The second kappa shape index (κ2) is 6.68. The van der Waals surface area contributed by atoms with Crippen LogP contribution in [-0.4, -0.2) is 62.9 Å². The van der Waals surface area contributed by atoms with Crippen LogP contribution in [0, 0.1) is 0 Å². The first kappa shape index (κ1) is 24.1. The second-order valence-electron chi connectivity index (χ2n) is 5.23. The summed E-state index contributed by atoms with van der Waals surface area (Å²) in [5, 5.41) is -6.91. The molecule has 0 fully saturated rings. The maximum atomic E-state index is 13.3. The molecule has 2 N–H and O–H groups in total. The molecule has 0 saturated heterocycles. The van der Waals surface area contributed by atoms with Crippen molar-refractivity contribution in [1.29, 1.82) is 0 Å². The molecule has 0 aromatic heterocycles. The van der Waals surface area contributed by atoms with E-state index in [0.29, 0.717) is 0 Å². The number of amidine groups is 1. The molecule has 5 nitrogen and oxygen atoms in total. The molecular formula is C9H13F9N2O3S2. The van der Waals surface area contributed by atoms with Gasteiger partial charge in [0.25, 0.3) is 0 Å². The van der Waals surface area contributed by atoms with E-state index in [9.17, 15) is 47.9 Å². The summed E-state index contributed by atoms with van der Waals surface area (Å²) in [6, 6.07) is 0. The Balaban J connectivity index is 5.73. The molecule has 0 heterocycles. The first-order valence-electron chi connectivity index (χ1n) is 5.72. The van der Waals surface area contributed by atoms with Gasteiger partial charge in [-0.3, -0.25) is 4.18 Å². The second-order valence-corrected chi connectivity index (χ2v) is 10.6. The predicted octanol–water partition coefficient (Wildman–Crippen LogP) is 2.72. The largest absolute Gasteiger partial charge is 0.460 e. The van der Waals surface area contributed by atoms with Gasteiger partial charge in [-0.15, -0.1) is 0 Å². The number of alkyl halides is 9. The molecule has 0 spiro atoms. The fourth-order valence-corrected chi connectivity index (χ4v) is 2.73. The van der Waals surface area contributed by atoms with Crippen LogP contribution in [-0.2, 0) is 14.3 Å². The predicted molar refractivity (Wildman–Crippen MR) is 72.8 cm³/mol. The average Bonchev–Trinajstić information content (AvgIpc) is 2.32. The Morgan fingerprint density at radius 1 is 0.920 bits per heavy atom. The molecule has 25 heavy (non-hydrogen) atoms. The van der Waals surface area contributed by atoms with E-state index in [2.05, 4.69) is 8.58 Å². The third kappa shape index (κ3) is 4.84. The highest BCUT2D eigenvalue weighted by atomic mass is 32.3. The summed E-state index contributed by atoms with van der Waals surface area (Å²) in [5.74, 6) is -15.5. The zero-order chi connectivity index (χ0) is 20.7. The smallest absolute Gasteiger partial charge is 0.385 e. The summed E-state index contributed by atoms with van der Waals surface area (Å²) in [7, 11) is -8.74. The van der Waals surface area contributed by atoms with Crippen molar-refractivity contribution < 1.29 is 52.1 Å². The van der Waals surface area contributed by atoms with Gasteiger partial charge in [0.05, 0.1) is 0 Å². The van der Waals surface area contributed by atoms with Gasteiger partial charge in [-0.1, -0.05) is 0 Å². The van der Waals surface area contributed by atoms with Crippen molar-refractivity contribution in [2.45, 2.75) is 23.3 Å². The van der Waals surface area contributed by atoms with Gasteiger partial charge in [-0.2, -0.15) is 58.1 Å². The molecule has 0 saturated carbocycles. The van der Waals surface area contributed by atoms with Crippen LogP contribution in [0.25, 0.3) is 0 Å². The van der Waals surface area contributed by atoms with Crippen molar-refractivity contribution in [3.63, 3.8) is 0 Å². The maximum absolute atomic E-state index is 13.3. The van der Waals surface area contributed by atoms with Gasteiger partial charge in [-0.25, -0.2) is 4.40 Å². The SMILES string of the molecule is CS(C)(C)/N=C(\N)COS(=O)(=O)C(F)(F)C(F)(F)C(F)(F)C(F)(F)F. The molecule has 0 amide bonds. The van der Waals surface area contributed by atoms with Gasteiger partial charge in [-0.05, 0) is 18.8 Å².